The van der Waals surface area contributed by atoms with Crippen molar-refractivity contribution in [2.45, 2.75) is 19.5 Å². The fraction of sp³-hybridized carbons (Fsp3) is 0.522. The molecule has 0 radical (unpaired) electrons. The standard InChI is InChI=1S/C23H35N7O2.HI/c1-28(2)22(31)18-26-23(24-9-5-11-29-13-15-32-16-14-29)25-17-20-7-3-4-8-21(20)19-30-12-6-10-27-30;/h3-4,6-8,10,12H,5,9,11,13-19H2,1-2H3,(H2,24,25,26);1H. The van der Waals surface area contributed by atoms with Crippen molar-refractivity contribution in [1.29, 1.82) is 0 Å². The lowest BCUT2D eigenvalue weighted by Gasteiger charge is -2.26. The Hall–Kier alpha value is -2.18. The molecule has 0 saturated carbocycles. The highest BCUT2D eigenvalue weighted by molar-refractivity contribution is 14.0. The van der Waals surface area contributed by atoms with Gasteiger partial charge < -0.3 is 20.3 Å². The second kappa shape index (κ2) is 14.9. The highest BCUT2D eigenvalue weighted by Gasteiger charge is 2.10. The summed E-state index contributed by atoms with van der Waals surface area (Å²) in [6.45, 7) is 6.84. The number of guanidine groups is 1. The molecule has 1 aliphatic rings. The number of amides is 1. The van der Waals surface area contributed by atoms with Gasteiger partial charge in [-0.3, -0.25) is 14.4 Å². The normalized spacial score (nSPS) is 14.4. The number of aromatic nitrogens is 2. The van der Waals surface area contributed by atoms with Gasteiger partial charge in [0.05, 0.1) is 32.8 Å². The largest absolute Gasteiger partial charge is 0.379 e. The van der Waals surface area contributed by atoms with Gasteiger partial charge >= 0.3 is 0 Å². The third-order valence-electron chi connectivity index (χ3n) is 5.37. The van der Waals surface area contributed by atoms with Gasteiger partial charge in [-0.25, -0.2) is 4.99 Å². The summed E-state index contributed by atoms with van der Waals surface area (Å²) >= 11 is 0. The molecule has 3 rings (SSSR count). The van der Waals surface area contributed by atoms with E-state index in [1.807, 2.05) is 29.1 Å². The lowest BCUT2D eigenvalue weighted by atomic mass is 10.1. The molecule has 2 heterocycles. The van der Waals surface area contributed by atoms with Crippen molar-refractivity contribution in [2.24, 2.45) is 4.99 Å². The third kappa shape index (κ3) is 9.68. The Kier molecular flexibility index (Phi) is 12.2. The zero-order valence-corrected chi connectivity index (χ0v) is 21.9. The van der Waals surface area contributed by atoms with Gasteiger partial charge in [0.2, 0.25) is 5.91 Å². The molecule has 10 heteroatoms. The van der Waals surface area contributed by atoms with Crippen LogP contribution in [-0.4, -0.2) is 91.5 Å². The van der Waals surface area contributed by atoms with Crippen LogP contribution in [0.25, 0.3) is 0 Å². The summed E-state index contributed by atoms with van der Waals surface area (Å²) in [6, 6.07) is 10.2. The van der Waals surface area contributed by atoms with Crippen molar-refractivity contribution >= 4 is 35.8 Å². The summed E-state index contributed by atoms with van der Waals surface area (Å²) in [5, 5.41) is 10.9. The van der Waals surface area contributed by atoms with Gasteiger partial charge in [-0.15, -0.1) is 24.0 Å². The molecule has 2 N–H and O–H groups in total. The summed E-state index contributed by atoms with van der Waals surface area (Å²) < 4.78 is 7.31. The summed E-state index contributed by atoms with van der Waals surface area (Å²) in [4.78, 5) is 20.8. The first-order chi connectivity index (χ1) is 15.6. The predicted molar refractivity (Wildman–Crippen MR) is 141 cm³/mol. The molecule has 33 heavy (non-hydrogen) atoms. The molecular weight excluding hydrogens is 533 g/mol. The van der Waals surface area contributed by atoms with Crippen molar-refractivity contribution in [3.05, 3.63) is 53.9 Å². The average Bonchev–Trinajstić information content (AvgIpc) is 3.32. The third-order valence-corrected chi connectivity index (χ3v) is 5.37. The number of benzene rings is 1. The number of halogens is 1. The van der Waals surface area contributed by atoms with E-state index in [1.54, 1.807) is 25.2 Å². The van der Waals surface area contributed by atoms with Gasteiger partial charge in [-0.2, -0.15) is 5.10 Å². The van der Waals surface area contributed by atoms with Crippen LogP contribution < -0.4 is 10.6 Å². The number of hydrogen-bond donors (Lipinski definition) is 2. The van der Waals surface area contributed by atoms with E-state index in [1.165, 1.54) is 5.56 Å². The van der Waals surface area contributed by atoms with Crippen molar-refractivity contribution in [3.8, 4) is 0 Å². The first-order valence-corrected chi connectivity index (χ1v) is 11.2. The number of morpholine rings is 1. The number of carbonyl (C=O) groups excluding carboxylic acids is 1. The molecule has 9 nitrogen and oxygen atoms in total. The Morgan fingerprint density at radius 2 is 1.91 bits per heavy atom. The smallest absolute Gasteiger partial charge is 0.241 e. The number of carbonyl (C=O) groups is 1. The lowest BCUT2D eigenvalue weighted by Crippen LogP contribution is -2.44. The van der Waals surface area contributed by atoms with Crippen LogP contribution in [-0.2, 0) is 22.6 Å². The van der Waals surface area contributed by atoms with E-state index >= 15 is 0 Å². The van der Waals surface area contributed by atoms with Crippen LogP contribution in [0.3, 0.4) is 0 Å². The monoisotopic (exact) mass is 569 g/mol. The Morgan fingerprint density at radius 1 is 1.15 bits per heavy atom. The molecule has 0 atom stereocenters. The zero-order chi connectivity index (χ0) is 22.6. The Labute approximate surface area is 213 Å². The topological polar surface area (TPSA) is 87.0 Å². The van der Waals surface area contributed by atoms with Crippen molar-refractivity contribution in [2.75, 3.05) is 60.0 Å². The maximum atomic E-state index is 12.0. The van der Waals surface area contributed by atoms with E-state index in [9.17, 15) is 4.79 Å². The molecule has 1 aromatic carbocycles. The van der Waals surface area contributed by atoms with E-state index in [0.717, 1.165) is 51.4 Å². The van der Waals surface area contributed by atoms with Gasteiger partial charge in [-0.05, 0) is 30.2 Å². The number of rotatable bonds is 10. The lowest BCUT2D eigenvalue weighted by molar-refractivity contribution is -0.127. The highest BCUT2D eigenvalue weighted by Crippen LogP contribution is 2.11. The van der Waals surface area contributed by atoms with Crippen molar-refractivity contribution in [3.63, 3.8) is 0 Å². The molecular formula is C23H36IN7O2. The quantitative estimate of drug-likeness (QED) is 0.195. The highest BCUT2D eigenvalue weighted by atomic mass is 127. The van der Waals surface area contributed by atoms with Crippen LogP contribution in [0.5, 0.6) is 0 Å². The molecule has 0 aliphatic carbocycles. The van der Waals surface area contributed by atoms with E-state index in [2.05, 4.69) is 32.8 Å². The molecule has 1 fully saturated rings. The number of aliphatic imine (C=N–C) groups is 1. The summed E-state index contributed by atoms with van der Waals surface area (Å²) in [7, 11) is 3.50. The number of nitrogens with one attached hydrogen (secondary N) is 2. The van der Waals surface area contributed by atoms with Gasteiger partial charge in [0.25, 0.3) is 0 Å². The second-order valence-electron chi connectivity index (χ2n) is 8.01. The second-order valence-corrected chi connectivity index (χ2v) is 8.01. The van der Waals surface area contributed by atoms with E-state index in [-0.39, 0.29) is 36.4 Å². The van der Waals surface area contributed by atoms with Gasteiger partial charge in [0, 0.05) is 46.1 Å². The molecule has 2 aromatic rings. The fourth-order valence-electron chi connectivity index (χ4n) is 3.42. The number of ether oxygens (including phenoxy) is 1. The fourth-order valence-corrected chi connectivity index (χ4v) is 3.42. The first kappa shape index (κ1) is 27.1. The molecule has 1 aliphatic heterocycles. The maximum Gasteiger partial charge on any atom is 0.241 e. The van der Waals surface area contributed by atoms with Crippen LogP contribution in [0, 0.1) is 0 Å². The Bertz CT molecular complexity index is 852. The molecule has 1 saturated heterocycles. The van der Waals surface area contributed by atoms with E-state index in [0.29, 0.717) is 19.0 Å². The number of hydrogen-bond acceptors (Lipinski definition) is 5. The molecule has 0 spiro atoms. The first-order valence-electron chi connectivity index (χ1n) is 11.2. The van der Waals surface area contributed by atoms with Crippen LogP contribution >= 0.6 is 24.0 Å². The van der Waals surface area contributed by atoms with Crippen LogP contribution in [0.4, 0.5) is 0 Å². The number of nitrogens with zero attached hydrogens (tertiary/aromatic N) is 5. The van der Waals surface area contributed by atoms with Gasteiger partial charge in [0.1, 0.15) is 0 Å². The summed E-state index contributed by atoms with van der Waals surface area (Å²) in [5.41, 5.74) is 2.31. The Morgan fingerprint density at radius 3 is 2.61 bits per heavy atom. The van der Waals surface area contributed by atoms with E-state index < -0.39 is 0 Å². The SMILES string of the molecule is CN(C)C(=O)CNC(=NCc1ccccc1Cn1cccn1)NCCCN1CCOCC1.I. The zero-order valence-electron chi connectivity index (χ0n) is 19.6. The minimum atomic E-state index is 0. The van der Waals surface area contributed by atoms with Crippen LogP contribution in [0.15, 0.2) is 47.7 Å². The van der Waals surface area contributed by atoms with Crippen molar-refractivity contribution < 1.29 is 9.53 Å². The molecule has 1 amide bonds. The van der Waals surface area contributed by atoms with Gasteiger partial charge in [0.15, 0.2) is 5.96 Å². The number of likely N-dealkylation sites (N-methyl/N-ethyl adjacent to an activating group) is 1. The van der Waals surface area contributed by atoms with Crippen molar-refractivity contribution in [1.82, 2.24) is 30.2 Å². The van der Waals surface area contributed by atoms with Crippen LogP contribution in [0.2, 0.25) is 0 Å². The van der Waals surface area contributed by atoms with Crippen LogP contribution in [0.1, 0.15) is 17.5 Å². The van der Waals surface area contributed by atoms with Gasteiger partial charge in [-0.1, -0.05) is 24.3 Å². The molecule has 0 bridgehead atoms. The predicted octanol–water partition coefficient (Wildman–Crippen LogP) is 1.40. The summed E-state index contributed by atoms with van der Waals surface area (Å²) in [6.07, 6.45) is 4.74. The minimum absolute atomic E-state index is 0. The van der Waals surface area contributed by atoms with E-state index in [4.69, 9.17) is 9.73 Å². The maximum absolute atomic E-state index is 12.0. The average molecular weight is 569 g/mol. The molecule has 182 valence electrons. The molecule has 0 unspecified atom stereocenters. The Balaban J connectivity index is 0.00000385. The minimum Gasteiger partial charge on any atom is -0.379 e. The molecule has 1 aromatic heterocycles. The summed E-state index contributed by atoms with van der Waals surface area (Å²) in [5.74, 6) is 0.656.